The SMILES string of the molecule is CCS[C@@H]1O[C@H](COCc2ccccc2)[C@@H](O[C@H]2O[C@@H](C)[C@H](O)[C@@H](OCc3ccccc3)[C@H]2OCc2ccccc2)[C@H](OC(=O)c2ccccc2)[C@H]1OC(=O)c1ccccc1. The first-order valence-corrected chi connectivity index (χ1v) is 21.6. The Hall–Kier alpha value is -4.89. The topological polar surface area (TPSA) is 128 Å². The van der Waals surface area contributed by atoms with Crippen molar-refractivity contribution in [2.75, 3.05) is 12.4 Å². The van der Waals surface area contributed by atoms with Gasteiger partial charge in [0.2, 0.25) is 0 Å². The van der Waals surface area contributed by atoms with Crippen molar-refractivity contribution in [1.82, 2.24) is 0 Å². The fraction of sp³-hybridized carbons (Fsp3) is 0.347. The van der Waals surface area contributed by atoms with Gasteiger partial charge in [-0.2, -0.15) is 0 Å². The number of esters is 2. The minimum atomic E-state index is -1.24. The van der Waals surface area contributed by atoms with Gasteiger partial charge in [-0.15, -0.1) is 11.8 Å². The lowest BCUT2D eigenvalue weighted by molar-refractivity contribution is -0.345. The van der Waals surface area contributed by atoms with Crippen molar-refractivity contribution >= 4 is 23.7 Å². The van der Waals surface area contributed by atoms with E-state index in [-0.39, 0.29) is 26.4 Å². The summed E-state index contributed by atoms with van der Waals surface area (Å²) in [5.41, 5.74) is 2.54. The van der Waals surface area contributed by atoms with Crippen LogP contribution in [-0.2, 0) is 57.7 Å². The van der Waals surface area contributed by atoms with Gasteiger partial charge in [-0.05, 0) is 53.6 Å². The molecule has 11 nitrogen and oxygen atoms in total. The van der Waals surface area contributed by atoms with Crippen LogP contribution in [0, 0.1) is 0 Å². The summed E-state index contributed by atoms with van der Waals surface area (Å²) >= 11 is 1.41. The molecule has 7 rings (SSSR count). The number of carbonyl (C=O) groups excluding carboxylic acids is 2. The summed E-state index contributed by atoms with van der Waals surface area (Å²) in [5, 5.41) is 11.7. The van der Waals surface area contributed by atoms with Gasteiger partial charge in [0.25, 0.3) is 0 Å². The van der Waals surface area contributed by atoms with Crippen molar-refractivity contribution in [1.29, 1.82) is 0 Å². The molecular weight excluding hydrogens is 797 g/mol. The van der Waals surface area contributed by atoms with E-state index in [1.807, 2.05) is 97.9 Å². The quantitative estimate of drug-likeness (QED) is 0.0865. The van der Waals surface area contributed by atoms with Crippen molar-refractivity contribution in [3.8, 4) is 0 Å². The second-order valence-electron chi connectivity index (χ2n) is 14.8. The van der Waals surface area contributed by atoms with Gasteiger partial charge < -0.3 is 43.0 Å². The van der Waals surface area contributed by atoms with Crippen LogP contribution in [-0.4, -0.2) is 90.0 Å². The number of thioether (sulfide) groups is 1. The van der Waals surface area contributed by atoms with Crippen molar-refractivity contribution in [3.63, 3.8) is 0 Å². The smallest absolute Gasteiger partial charge is 0.338 e. The number of aliphatic hydroxyl groups excluding tert-OH is 1. The van der Waals surface area contributed by atoms with Crippen LogP contribution in [0.1, 0.15) is 51.3 Å². The lowest BCUT2D eigenvalue weighted by atomic mass is 9.96. The molecule has 0 saturated carbocycles. The van der Waals surface area contributed by atoms with Crippen molar-refractivity contribution in [3.05, 3.63) is 179 Å². The van der Waals surface area contributed by atoms with E-state index in [4.69, 9.17) is 37.9 Å². The van der Waals surface area contributed by atoms with E-state index in [1.165, 1.54) is 11.8 Å². The van der Waals surface area contributed by atoms with Crippen LogP contribution in [0.15, 0.2) is 152 Å². The summed E-state index contributed by atoms with van der Waals surface area (Å²) in [5.74, 6) is -0.692. The van der Waals surface area contributed by atoms with Crippen LogP contribution in [0.2, 0.25) is 0 Å². The van der Waals surface area contributed by atoms with Crippen LogP contribution in [0.3, 0.4) is 0 Å². The minimum Gasteiger partial charge on any atom is -0.452 e. The van der Waals surface area contributed by atoms with E-state index in [1.54, 1.807) is 67.6 Å². The Kier molecular flexibility index (Phi) is 16.1. The maximum atomic E-state index is 14.1. The van der Waals surface area contributed by atoms with Gasteiger partial charge in [0, 0.05) is 0 Å². The van der Waals surface area contributed by atoms with E-state index in [0.29, 0.717) is 16.9 Å². The zero-order chi connectivity index (χ0) is 42.4. The molecule has 320 valence electrons. The Morgan fingerprint density at radius 1 is 0.574 bits per heavy atom. The standard InChI is InChI=1S/C49H52O11S/c1-3-61-49-45(59-47(52)38-27-17-8-18-28-38)43(58-46(51)37-25-15-7-16-26-37)41(39(57-49)32-53-29-34-19-9-4-10-20-34)60-48-44(55-31-36-23-13-6-14-24-36)42(40(50)33(2)56-48)54-30-35-21-11-5-12-22-35/h4-28,33,39-45,48-50H,3,29-32H2,1-2H3/t33-,39+,40-,41+,42+,43-,44+,45+,48+,49-/m0/s1. The Morgan fingerprint density at radius 3 is 1.54 bits per heavy atom. The average molecular weight is 849 g/mol. The van der Waals surface area contributed by atoms with E-state index in [2.05, 4.69) is 0 Å². The van der Waals surface area contributed by atoms with Gasteiger partial charge in [-0.25, -0.2) is 9.59 Å². The summed E-state index contributed by atoms with van der Waals surface area (Å²) in [7, 11) is 0. The number of ether oxygens (including phenoxy) is 8. The molecule has 10 atom stereocenters. The molecular formula is C49H52O11S. The number of rotatable bonds is 18. The Bertz CT molecular complexity index is 2060. The summed E-state index contributed by atoms with van der Waals surface area (Å²) in [6, 6.07) is 46.2. The van der Waals surface area contributed by atoms with Crippen LogP contribution >= 0.6 is 11.8 Å². The van der Waals surface area contributed by atoms with Gasteiger partial charge in [-0.3, -0.25) is 0 Å². The average Bonchev–Trinajstić information content (AvgIpc) is 3.30. The van der Waals surface area contributed by atoms with E-state index in [9.17, 15) is 14.7 Å². The van der Waals surface area contributed by atoms with Crippen LogP contribution in [0.5, 0.6) is 0 Å². The molecule has 0 aromatic heterocycles. The van der Waals surface area contributed by atoms with Crippen LogP contribution in [0.25, 0.3) is 0 Å². The molecule has 0 spiro atoms. The lowest BCUT2D eigenvalue weighted by Crippen LogP contribution is -2.65. The van der Waals surface area contributed by atoms with Crippen molar-refractivity contribution < 1.29 is 52.6 Å². The van der Waals surface area contributed by atoms with Gasteiger partial charge in [0.15, 0.2) is 18.5 Å². The lowest BCUT2D eigenvalue weighted by Gasteiger charge is -2.49. The second kappa shape index (κ2) is 22.3. The molecule has 1 N–H and O–H groups in total. The fourth-order valence-electron chi connectivity index (χ4n) is 7.28. The third-order valence-electron chi connectivity index (χ3n) is 10.4. The molecule has 0 unspecified atom stereocenters. The summed E-state index contributed by atoms with van der Waals surface area (Å²) in [6.45, 7) is 4.29. The molecule has 0 aliphatic carbocycles. The number of hydrogen-bond donors (Lipinski definition) is 1. The van der Waals surface area contributed by atoms with Gasteiger partial charge in [-0.1, -0.05) is 134 Å². The number of carbonyl (C=O) groups is 2. The maximum Gasteiger partial charge on any atom is 0.338 e. The molecule has 2 aliphatic rings. The number of aliphatic hydroxyl groups is 1. The van der Waals surface area contributed by atoms with Crippen molar-refractivity contribution in [2.24, 2.45) is 0 Å². The highest BCUT2D eigenvalue weighted by Gasteiger charge is 2.55. The third kappa shape index (κ3) is 11.9. The summed E-state index contributed by atoms with van der Waals surface area (Å²) < 4.78 is 52.4. The predicted octanol–water partition coefficient (Wildman–Crippen LogP) is 7.79. The highest BCUT2D eigenvalue weighted by atomic mass is 32.2. The molecule has 2 aliphatic heterocycles. The van der Waals surface area contributed by atoms with Crippen LogP contribution < -0.4 is 0 Å². The zero-order valence-corrected chi connectivity index (χ0v) is 35.0. The molecule has 12 heteroatoms. The zero-order valence-electron chi connectivity index (χ0n) is 34.2. The Balaban J connectivity index is 1.27. The Morgan fingerprint density at radius 2 is 1.03 bits per heavy atom. The van der Waals surface area contributed by atoms with Gasteiger partial charge in [0.1, 0.15) is 36.0 Å². The van der Waals surface area contributed by atoms with Crippen molar-refractivity contribution in [2.45, 2.75) is 94.2 Å². The van der Waals surface area contributed by atoms with E-state index >= 15 is 0 Å². The minimum absolute atomic E-state index is 0.00739. The molecule has 2 saturated heterocycles. The van der Waals surface area contributed by atoms with E-state index in [0.717, 1.165) is 16.7 Å². The maximum absolute atomic E-state index is 14.1. The molecule has 5 aromatic carbocycles. The molecule has 0 radical (unpaired) electrons. The molecule has 2 heterocycles. The third-order valence-corrected chi connectivity index (χ3v) is 11.5. The summed E-state index contributed by atoms with van der Waals surface area (Å²) in [4.78, 5) is 28.0. The summed E-state index contributed by atoms with van der Waals surface area (Å²) in [6.07, 6.45) is -9.43. The van der Waals surface area contributed by atoms with Gasteiger partial charge >= 0.3 is 11.9 Å². The largest absolute Gasteiger partial charge is 0.452 e. The highest BCUT2D eigenvalue weighted by Crippen LogP contribution is 2.38. The van der Waals surface area contributed by atoms with Crippen LogP contribution in [0.4, 0.5) is 0 Å². The molecule has 2 fully saturated rings. The number of benzene rings is 5. The fourth-order valence-corrected chi connectivity index (χ4v) is 8.23. The highest BCUT2D eigenvalue weighted by molar-refractivity contribution is 7.99. The second-order valence-corrected chi connectivity index (χ2v) is 16.2. The molecule has 61 heavy (non-hydrogen) atoms. The van der Waals surface area contributed by atoms with Gasteiger partial charge in [0.05, 0.1) is 43.7 Å². The Labute approximate surface area is 361 Å². The number of hydrogen-bond acceptors (Lipinski definition) is 12. The van der Waals surface area contributed by atoms with E-state index < -0.39 is 72.5 Å². The first-order valence-electron chi connectivity index (χ1n) is 20.6. The molecule has 0 bridgehead atoms. The molecule has 0 amide bonds. The first kappa shape index (κ1) is 44.2. The first-order chi connectivity index (χ1) is 29.9. The normalized spacial score (nSPS) is 26.3. The molecule has 5 aromatic rings. The predicted molar refractivity (Wildman–Crippen MR) is 229 cm³/mol. The monoisotopic (exact) mass is 848 g/mol.